The van der Waals surface area contributed by atoms with Crippen LogP contribution in [0.1, 0.15) is 5.56 Å². The van der Waals surface area contributed by atoms with Gasteiger partial charge in [0.15, 0.2) is 0 Å². The molecule has 2 rings (SSSR count). The molecule has 0 spiro atoms. The Hall–Kier alpha value is -0.650. The van der Waals surface area contributed by atoms with Gasteiger partial charge in [-0.3, -0.25) is 0 Å². The highest BCUT2D eigenvalue weighted by Gasteiger charge is 2.13. The van der Waals surface area contributed by atoms with Gasteiger partial charge < -0.3 is 15.4 Å². The number of hydrogen-bond donors (Lipinski definition) is 2. The van der Waals surface area contributed by atoms with E-state index in [9.17, 15) is 0 Å². The third-order valence-corrected chi connectivity index (χ3v) is 3.58. The van der Waals surface area contributed by atoms with E-state index in [0.717, 1.165) is 36.5 Å². The Balaban J connectivity index is 1.91. The van der Waals surface area contributed by atoms with Crippen LogP contribution in [-0.2, 0) is 4.74 Å². The standard InChI is InChI=1S/C11H16BrN3O/c1-8-2-3-14-11(10(8)12)15-7-9-6-13-4-5-16-9/h2-3,9,13H,4-7H2,1H3,(H,14,15). The van der Waals surface area contributed by atoms with Crippen LogP contribution in [0.15, 0.2) is 16.7 Å². The lowest BCUT2D eigenvalue weighted by atomic mass is 10.3. The van der Waals surface area contributed by atoms with Crippen molar-refractivity contribution in [3.8, 4) is 0 Å². The molecule has 0 bridgehead atoms. The summed E-state index contributed by atoms with van der Waals surface area (Å²) in [4.78, 5) is 4.29. The molecular formula is C11H16BrN3O. The molecule has 2 heterocycles. The number of rotatable bonds is 3. The molecule has 0 aliphatic carbocycles. The maximum Gasteiger partial charge on any atom is 0.140 e. The van der Waals surface area contributed by atoms with Gasteiger partial charge >= 0.3 is 0 Å². The monoisotopic (exact) mass is 285 g/mol. The number of aryl methyl sites for hydroxylation is 1. The summed E-state index contributed by atoms with van der Waals surface area (Å²) in [5.74, 6) is 0.883. The van der Waals surface area contributed by atoms with Crippen molar-refractivity contribution in [3.05, 3.63) is 22.3 Å². The number of halogens is 1. The Bertz CT molecular complexity index is 353. The number of hydrogen-bond acceptors (Lipinski definition) is 4. The average molecular weight is 286 g/mol. The van der Waals surface area contributed by atoms with E-state index in [1.54, 1.807) is 0 Å². The van der Waals surface area contributed by atoms with Crippen LogP contribution in [0.4, 0.5) is 5.82 Å². The number of nitrogens with zero attached hydrogens (tertiary/aromatic N) is 1. The normalized spacial score (nSPS) is 20.8. The fraction of sp³-hybridized carbons (Fsp3) is 0.545. The summed E-state index contributed by atoms with van der Waals surface area (Å²) >= 11 is 3.52. The van der Waals surface area contributed by atoms with Crippen molar-refractivity contribution >= 4 is 21.7 Å². The van der Waals surface area contributed by atoms with Crippen LogP contribution < -0.4 is 10.6 Å². The minimum Gasteiger partial charge on any atom is -0.374 e. The van der Waals surface area contributed by atoms with Crippen molar-refractivity contribution in [1.82, 2.24) is 10.3 Å². The summed E-state index contributed by atoms with van der Waals surface area (Å²) in [6.07, 6.45) is 2.03. The van der Waals surface area contributed by atoms with Gasteiger partial charge in [0.25, 0.3) is 0 Å². The molecule has 16 heavy (non-hydrogen) atoms. The lowest BCUT2D eigenvalue weighted by molar-refractivity contribution is 0.0372. The van der Waals surface area contributed by atoms with Crippen LogP contribution in [0, 0.1) is 6.92 Å². The number of aromatic nitrogens is 1. The van der Waals surface area contributed by atoms with Crippen molar-refractivity contribution < 1.29 is 4.74 Å². The number of ether oxygens (including phenoxy) is 1. The van der Waals surface area contributed by atoms with E-state index >= 15 is 0 Å². The third-order valence-electron chi connectivity index (χ3n) is 2.58. The molecule has 0 aromatic carbocycles. The largest absolute Gasteiger partial charge is 0.374 e. The number of nitrogens with one attached hydrogen (secondary N) is 2. The molecule has 88 valence electrons. The van der Waals surface area contributed by atoms with Gasteiger partial charge in [0.05, 0.1) is 17.2 Å². The van der Waals surface area contributed by atoms with Crippen LogP contribution in [0.5, 0.6) is 0 Å². The Labute approximate surface area is 104 Å². The molecule has 0 radical (unpaired) electrons. The first-order valence-electron chi connectivity index (χ1n) is 5.44. The molecule has 1 aliphatic rings. The molecule has 1 atom stereocenters. The number of anilines is 1. The highest BCUT2D eigenvalue weighted by molar-refractivity contribution is 9.10. The molecule has 1 saturated heterocycles. The summed E-state index contributed by atoms with van der Waals surface area (Å²) in [6, 6.07) is 1.98. The topological polar surface area (TPSA) is 46.2 Å². The summed E-state index contributed by atoms with van der Waals surface area (Å²) in [6.45, 7) is 5.46. The van der Waals surface area contributed by atoms with Crippen LogP contribution in [0.3, 0.4) is 0 Å². The fourth-order valence-electron chi connectivity index (χ4n) is 1.62. The number of pyridine rings is 1. The van der Waals surface area contributed by atoms with Crippen molar-refractivity contribution in [3.63, 3.8) is 0 Å². The van der Waals surface area contributed by atoms with E-state index in [2.05, 4.69) is 38.5 Å². The molecular weight excluding hydrogens is 270 g/mol. The second-order valence-electron chi connectivity index (χ2n) is 3.87. The van der Waals surface area contributed by atoms with Crippen LogP contribution >= 0.6 is 15.9 Å². The Morgan fingerprint density at radius 2 is 2.56 bits per heavy atom. The average Bonchev–Trinajstić information content (AvgIpc) is 2.32. The van der Waals surface area contributed by atoms with Crippen molar-refractivity contribution in [2.24, 2.45) is 0 Å². The molecule has 1 aromatic heterocycles. The molecule has 4 nitrogen and oxygen atoms in total. The summed E-state index contributed by atoms with van der Waals surface area (Å²) < 4.78 is 6.63. The van der Waals surface area contributed by atoms with Crippen molar-refractivity contribution in [1.29, 1.82) is 0 Å². The van der Waals surface area contributed by atoms with Gasteiger partial charge in [0, 0.05) is 25.8 Å². The summed E-state index contributed by atoms with van der Waals surface area (Å²) in [7, 11) is 0. The molecule has 1 fully saturated rings. The van der Waals surface area contributed by atoms with Crippen LogP contribution in [0.25, 0.3) is 0 Å². The predicted molar refractivity (Wildman–Crippen MR) is 67.8 cm³/mol. The summed E-state index contributed by atoms with van der Waals surface area (Å²) in [5, 5.41) is 6.60. The number of morpholine rings is 1. The van der Waals surface area contributed by atoms with Gasteiger partial charge in [0.2, 0.25) is 0 Å². The molecule has 1 aromatic rings. The fourth-order valence-corrected chi connectivity index (χ4v) is 2.00. The highest BCUT2D eigenvalue weighted by Crippen LogP contribution is 2.23. The Morgan fingerprint density at radius 1 is 1.69 bits per heavy atom. The van der Waals surface area contributed by atoms with Gasteiger partial charge in [-0.1, -0.05) is 0 Å². The second-order valence-corrected chi connectivity index (χ2v) is 4.66. The second kappa shape index (κ2) is 5.61. The van der Waals surface area contributed by atoms with E-state index in [1.165, 1.54) is 5.56 Å². The van der Waals surface area contributed by atoms with Gasteiger partial charge in [-0.05, 0) is 34.5 Å². The smallest absolute Gasteiger partial charge is 0.140 e. The van der Waals surface area contributed by atoms with Crippen LogP contribution in [0.2, 0.25) is 0 Å². The van der Waals surface area contributed by atoms with E-state index in [1.807, 2.05) is 12.3 Å². The van der Waals surface area contributed by atoms with E-state index < -0.39 is 0 Å². The third kappa shape index (κ3) is 2.93. The molecule has 0 amide bonds. The minimum absolute atomic E-state index is 0.225. The first kappa shape index (κ1) is 11.8. The lowest BCUT2D eigenvalue weighted by Crippen LogP contribution is -2.42. The van der Waals surface area contributed by atoms with Crippen LogP contribution in [-0.4, -0.2) is 37.3 Å². The quantitative estimate of drug-likeness (QED) is 0.885. The molecule has 1 aliphatic heterocycles. The zero-order valence-corrected chi connectivity index (χ0v) is 10.9. The van der Waals surface area contributed by atoms with Crippen molar-refractivity contribution in [2.75, 3.05) is 31.6 Å². The predicted octanol–water partition coefficient (Wildman–Crippen LogP) is 1.55. The molecule has 5 heteroatoms. The maximum atomic E-state index is 5.60. The van der Waals surface area contributed by atoms with E-state index in [4.69, 9.17) is 4.74 Å². The minimum atomic E-state index is 0.225. The Morgan fingerprint density at radius 3 is 3.31 bits per heavy atom. The maximum absolute atomic E-state index is 5.60. The van der Waals surface area contributed by atoms with Gasteiger partial charge in [-0.15, -0.1) is 0 Å². The van der Waals surface area contributed by atoms with E-state index in [0.29, 0.717) is 0 Å². The van der Waals surface area contributed by atoms with Gasteiger partial charge in [-0.2, -0.15) is 0 Å². The first-order chi connectivity index (χ1) is 7.77. The molecule has 2 N–H and O–H groups in total. The van der Waals surface area contributed by atoms with Crippen molar-refractivity contribution in [2.45, 2.75) is 13.0 Å². The van der Waals surface area contributed by atoms with E-state index in [-0.39, 0.29) is 6.10 Å². The Kier molecular flexibility index (Phi) is 4.15. The highest BCUT2D eigenvalue weighted by atomic mass is 79.9. The lowest BCUT2D eigenvalue weighted by Gasteiger charge is -2.24. The van der Waals surface area contributed by atoms with Gasteiger partial charge in [-0.25, -0.2) is 4.98 Å². The molecule has 0 saturated carbocycles. The molecule has 1 unspecified atom stereocenters. The summed E-state index contributed by atoms with van der Waals surface area (Å²) in [5.41, 5.74) is 1.18. The SMILES string of the molecule is Cc1ccnc(NCC2CNCCO2)c1Br. The zero-order chi connectivity index (χ0) is 11.4. The first-order valence-corrected chi connectivity index (χ1v) is 6.24. The van der Waals surface area contributed by atoms with Gasteiger partial charge in [0.1, 0.15) is 5.82 Å². The zero-order valence-electron chi connectivity index (χ0n) is 9.29.